The van der Waals surface area contributed by atoms with Crippen molar-refractivity contribution in [2.75, 3.05) is 6.54 Å². The first-order chi connectivity index (χ1) is 13.6. The molecule has 6 atom stereocenters. The van der Waals surface area contributed by atoms with Gasteiger partial charge in [0.15, 0.2) is 0 Å². The van der Waals surface area contributed by atoms with Gasteiger partial charge in [-0.15, -0.1) is 0 Å². The average molecular weight is 404 g/mol. The van der Waals surface area contributed by atoms with Gasteiger partial charge in [0.05, 0.1) is 11.4 Å². The van der Waals surface area contributed by atoms with Crippen molar-refractivity contribution in [3.05, 3.63) is 0 Å². The molecule has 4 aliphatic carbocycles. The fourth-order valence-corrected chi connectivity index (χ4v) is 7.07. The molecule has 0 radical (unpaired) electrons. The molecule has 0 aliphatic heterocycles. The van der Waals surface area contributed by atoms with E-state index in [-0.39, 0.29) is 16.7 Å². The van der Waals surface area contributed by atoms with Crippen molar-refractivity contribution in [2.24, 2.45) is 50.5 Å². The zero-order valence-electron chi connectivity index (χ0n) is 18.4. The molecule has 29 heavy (non-hydrogen) atoms. The molecule has 0 saturated heterocycles. The van der Waals surface area contributed by atoms with E-state index in [0.717, 1.165) is 62.8 Å². The lowest BCUT2D eigenvalue weighted by Gasteiger charge is -2.59. The number of oxime groups is 2. The summed E-state index contributed by atoms with van der Waals surface area (Å²) >= 11 is 0. The summed E-state index contributed by atoms with van der Waals surface area (Å²) in [5, 5.41) is 18.2. The molecule has 4 aliphatic rings. The van der Waals surface area contributed by atoms with Crippen LogP contribution in [-0.2, 0) is 9.63 Å². The van der Waals surface area contributed by atoms with Gasteiger partial charge in [-0.2, -0.15) is 0 Å². The van der Waals surface area contributed by atoms with Crippen LogP contribution in [0.1, 0.15) is 79.1 Å². The number of fused-ring (bicyclic) bond motifs is 5. The van der Waals surface area contributed by atoms with E-state index in [1.165, 1.54) is 0 Å². The Bertz CT molecular complexity index is 746. The van der Waals surface area contributed by atoms with Crippen molar-refractivity contribution in [3.8, 4) is 0 Å². The van der Waals surface area contributed by atoms with Crippen LogP contribution >= 0.6 is 0 Å². The van der Waals surface area contributed by atoms with Crippen LogP contribution < -0.4 is 5.73 Å². The summed E-state index contributed by atoms with van der Waals surface area (Å²) in [6.45, 7) is 8.88. The summed E-state index contributed by atoms with van der Waals surface area (Å²) < 4.78 is 0. The molecule has 4 saturated carbocycles. The molecule has 0 aromatic rings. The third-order valence-electron chi connectivity index (χ3n) is 9.07. The predicted octanol–water partition coefficient (Wildman–Crippen LogP) is 4.15. The van der Waals surface area contributed by atoms with Crippen LogP contribution in [0.3, 0.4) is 0 Å². The van der Waals surface area contributed by atoms with Gasteiger partial charge in [0, 0.05) is 24.3 Å². The van der Waals surface area contributed by atoms with Crippen molar-refractivity contribution in [1.29, 1.82) is 0 Å². The summed E-state index contributed by atoms with van der Waals surface area (Å²) in [5.41, 5.74) is 7.18. The Labute approximate surface area is 174 Å². The average Bonchev–Trinajstić information content (AvgIpc) is 3.00. The van der Waals surface area contributed by atoms with Crippen molar-refractivity contribution >= 4 is 17.2 Å². The number of nitrogens with zero attached hydrogens (tertiary/aromatic N) is 2. The Hall–Kier alpha value is -1.43. The van der Waals surface area contributed by atoms with Crippen LogP contribution in [0.5, 0.6) is 0 Å². The molecular formula is C23H37N3O3. The first-order valence-corrected chi connectivity index (χ1v) is 11.3. The Kier molecular flexibility index (Phi) is 5.08. The zero-order valence-corrected chi connectivity index (χ0v) is 18.4. The second-order valence-electron chi connectivity index (χ2n) is 11.1. The van der Waals surface area contributed by atoms with Crippen LogP contribution in [0, 0.1) is 34.5 Å². The van der Waals surface area contributed by atoms with E-state index in [0.29, 0.717) is 30.1 Å². The third-order valence-corrected chi connectivity index (χ3v) is 9.07. The maximum atomic E-state index is 12.6. The van der Waals surface area contributed by atoms with Gasteiger partial charge >= 0.3 is 0 Å². The monoisotopic (exact) mass is 403 g/mol. The molecular weight excluding hydrogens is 366 g/mol. The minimum absolute atomic E-state index is 0.0971. The molecule has 6 nitrogen and oxygen atoms in total. The number of hydrogen-bond donors (Lipinski definition) is 2. The fraction of sp³-hybridized carbons (Fsp3) is 0.870. The van der Waals surface area contributed by atoms with Crippen LogP contribution in [0.2, 0.25) is 0 Å². The maximum Gasteiger partial charge on any atom is 0.144 e. The van der Waals surface area contributed by atoms with E-state index in [4.69, 9.17) is 10.6 Å². The molecule has 4 fully saturated rings. The van der Waals surface area contributed by atoms with E-state index in [2.05, 4.69) is 24.2 Å². The van der Waals surface area contributed by atoms with Crippen LogP contribution in [0.25, 0.3) is 0 Å². The highest BCUT2D eigenvalue weighted by molar-refractivity contribution is 5.96. The Balaban J connectivity index is 1.59. The van der Waals surface area contributed by atoms with Gasteiger partial charge < -0.3 is 15.8 Å². The molecule has 0 heterocycles. The number of hydrogen-bond acceptors (Lipinski definition) is 6. The Morgan fingerprint density at radius 2 is 1.93 bits per heavy atom. The summed E-state index contributed by atoms with van der Waals surface area (Å²) in [4.78, 5) is 18.3. The fourth-order valence-electron chi connectivity index (χ4n) is 7.07. The van der Waals surface area contributed by atoms with Crippen molar-refractivity contribution in [3.63, 3.8) is 0 Å². The van der Waals surface area contributed by atoms with Crippen molar-refractivity contribution < 1.29 is 14.8 Å². The number of nitrogens with two attached hydrogens (primary N) is 1. The highest BCUT2D eigenvalue weighted by Crippen LogP contribution is 2.64. The Morgan fingerprint density at radius 1 is 1.17 bits per heavy atom. The summed E-state index contributed by atoms with van der Waals surface area (Å²) in [7, 11) is 0. The number of Topliss-reactive ketones (excluding diaryl/α,β-unsaturated/α-hetero) is 1. The molecule has 6 heteroatoms. The van der Waals surface area contributed by atoms with Crippen LogP contribution in [0.4, 0.5) is 0 Å². The number of rotatable bonds is 3. The van der Waals surface area contributed by atoms with E-state index in [1.54, 1.807) is 0 Å². The maximum absolute atomic E-state index is 12.6. The third kappa shape index (κ3) is 3.22. The summed E-state index contributed by atoms with van der Waals surface area (Å²) in [6, 6.07) is 0. The molecule has 0 bridgehead atoms. The summed E-state index contributed by atoms with van der Waals surface area (Å²) in [6.07, 6.45) is 7.40. The highest BCUT2D eigenvalue weighted by Gasteiger charge is 2.61. The first kappa shape index (κ1) is 20.8. The minimum Gasteiger partial charge on any atom is -0.411 e. The number of carbonyl (C=O) groups excluding carboxylic acids is 1. The van der Waals surface area contributed by atoms with Gasteiger partial charge in [-0.05, 0) is 82.0 Å². The van der Waals surface area contributed by atoms with Gasteiger partial charge in [-0.1, -0.05) is 24.2 Å². The second-order valence-corrected chi connectivity index (χ2v) is 11.1. The molecule has 0 aromatic heterocycles. The molecule has 0 aromatic carbocycles. The summed E-state index contributed by atoms with van der Waals surface area (Å²) in [5.74, 6) is 2.14. The van der Waals surface area contributed by atoms with Gasteiger partial charge in [0.1, 0.15) is 11.4 Å². The van der Waals surface area contributed by atoms with E-state index >= 15 is 0 Å². The lowest BCUT2D eigenvalue weighted by atomic mass is 9.45. The predicted molar refractivity (Wildman–Crippen MR) is 113 cm³/mol. The van der Waals surface area contributed by atoms with Gasteiger partial charge in [0.2, 0.25) is 0 Å². The van der Waals surface area contributed by atoms with Crippen molar-refractivity contribution in [1.82, 2.24) is 0 Å². The Morgan fingerprint density at radius 3 is 2.62 bits per heavy atom. The van der Waals surface area contributed by atoms with Crippen LogP contribution in [-0.4, -0.2) is 34.6 Å². The molecule has 162 valence electrons. The second kappa shape index (κ2) is 7.07. The zero-order chi connectivity index (χ0) is 21.0. The largest absolute Gasteiger partial charge is 0.411 e. The first-order valence-electron chi connectivity index (χ1n) is 11.3. The van der Waals surface area contributed by atoms with Gasteiger partial charge in [0.25, 0.3) is 0 Å². The molecule has 3 N–H and O–H groups in total. The number of carbonyl (C=O) groups is 1. The smallest absolute Gasteiger partial charge is 0.144 e. The highest BCUT2D eigenvalue weighted by atomic mass is 16.6. The minimum atomic E-state index is -0.470. The molecule has 0 amide bonds. The topological polar surface area (TPSA) is 97.3 Å². The standard InChI is InChI=1S/C23H37N3O3/c1-21(2,13-24)29-26-14-7-9-22(3)17-8-10-23(4)16(5-6-20(23)27)15(17)12-19(25-28)18(22)11-14/h15-18,28H,5-13,24H2,1-4H3/t15-,16-,17-,18?,22+,23-/m0/s1. The normalized spacial score (nSPS) is 45.1. The molecule has 1 unspecified atom stereocenters. The van der Waals surface area contributed by atoms with Crippen molar-refractivity contribution in [2.45, 2.75) is 84.7 Å². The van der Waals surface area contributed by atoms with E-state index < -0.39 is 5.60 Å². The van der Waals surface area contributed by atoms with Gasteiger partial charge in [-0.3, -0.25) is 4.79 Å². The van der Waals surface area contributed by atoms with E-state index in [9.17, 15) is 10.0 Å². The SMILES string of the molecule is CC(C)(CN)ON=C1CC[C@@]2(C)C(C1)C(=NO)C[C@@H]1[C@@H]2CC[C@]2(C)C(=O)CC[C@@H]12. The van der Waals surface area contributed by atoms with Crippen LogP contribution in [0.15, 0.2) is 10.3 Å². The van der Waals surface area contributed by atoms with E-state index in [1.807, 2.05) is 13.8 Å². The molecule has 0 spiro atoms. The quantitative estimate of drug-likeness (QED) is 0.546. The molecule has 4 rings (SSSR count). The van der Waals surface area contributed by atoms with Gasteiger partial charge in [-0.25, -0.2) is 0 Å². The number of ketones is 1. The lowest BCUT2D eigenvalue weighted by Crippen LogP contribution is -2.56. The lowest BCUT2D eigenvalue weighted by molar-refractivity contribution is -0.133.